The van der Waals surface area contributed by atoms with E-state index in [9.17, 15) is 0 Å². The molecule has 0 aromatic carbocycles. The Kier molecular flexibility index (Phi) is 3.90. The second kappa shape index (κ2) is 6.36. The van der Waals surface area contributed by atoms with E-state index in [4.69, 9.17) is 15.4 Å². The molecule has 0 aliphatic heterocycles. The summed E-state index contributed by atoms with van der Waals surface area (Å²) in [6.45, 7) is 8.21. The highest BCUT2D eigenvalue weighted by atomic mass is 16.5. The molecule has 4 heterocycles. The molecule has 0 spiro atoms. The molecule has 150 valence electrons. The monoisotopic (exact) mass is 393 g/mol. The molecule has 29 heavy (non-hydrogen) atoms. The fourth-order valence-electron chi connectivity index (χ4n) is 3.50. The number of hydrogen-bond acceptors (Lipinski definition) is 8. The van der Waals surface area contributed by atoms with Gasteiger partial charge in [0.25, 0.3) is 0 Å². The molecule has 0 atom stereocenters. The SMILES string of the molecule is CC(C)n1cc(-c2c(-c3nn(C(C)C)c4ncnc(N)c34)noc2C2CC2)nn1. The second-order valence-electron chi connectivity index (χ2n) is 8.07. The third-order valence-electron chi connectivity index (χ3n) is 5.19. The van der Waals surface area contributed by atoms with Gasteiger partial charge in [0, 0.05) is 18.0 Å². The molecule has 2 N–H and O–H groups in total. The van der Waals surface area contributed by atoms with Crippen molar-refractivity contribution < 1.29 is 4.52 Å². The zero-order valence-electron chi connectivity index (χ0n) is 16.9. The van der Waals surface area contributed by atoms with Crippen molar-refractivity contribution in [2.24, 2.45) is 0 Å². The van der Waals surface area contributed by atoms with Crippen molar-refractivity contribution in [1.29, 1.82) is 0 Å². The van der Waals surface area contributed by atoms with Crippen molar-refractivity contribution in [3.05, 3.63) is 18.3 Å². The molecule has 1 aliphatic rings. The molecule has 1 aliphatic carbocycles. The van der Waals surface area contributed by atoms with Crippen LogP contribution in [0.1, 0.15) is 64.3 Å². The molecule has 1 fully saturated rings. The van der Waals surface area contributed by atoms with Gasteiger partial charge in [-0.1, -0.05) is 10.4 Å². The lowest BCUT2D eigenvalue weighted by molar-refractivity contribution is 0.386. The lowest BCUT2D eigenvalue weighted by Crippen LogP contribution is -2.04. The van der Waals surface area contributed by atoms with Gasteiger partial charge < -0.3 is 10.3 Å². The summed E-state index contributed by atoms with van der Waals surface area (Å²) < 4.78 is 9.46. The fraction of sp³-hybridized carbons (Fsp3) is 0.474. The number of rotatable bonds is 5. The van der Waals surface area contributed by atoms with Gasteiger partial charge in [-0.3, -0.25) is 0 Å². The van der Waals surface area contributed by atoms with E-state index >= 15 is 0 Å². The first-order chi connectivity index (χ1) is 14.0. The number of hydrogen-bond donors (Lipinski definition) is 1. The van der Waals surface area contributed by atoms with Crippen LogP contribution in [0.5, 0.6) is 0 Å². The van der Waals surface area contributed by atoms with Crippen LogP contribution in [-0.2, 0) is 0 Å². The number of nitrogens with zero attached hydrogens (tertiary/aromatic N) is 8. The Morgan fingerprint density at radius 2 is 1.90 bits per heavy atom. The van der Waals surface area contributed by atoms with Gasteiger partial charge in [0.15, 0.2) is 5.65 Å². The molecule has 0 bridgehead atoms. The van der Waals surface area contributed by atoms with Crippen LogP contribution in [0.15, 0.2) is 17.0 Å². The highest BCUT2D eigenvalue weighted by Gasteiger charge is 2.36. The summed E-state index contributed by atoms with van der Waals surface area (Å²) in [6.07, 6.45) is 5.53. The predicted molar refractivity (Wildman–Crippen MR) is 107 cm³/mol. The van der Waals surface area contributed by atoms with Crippen LogP contribution in [0.3, 0.4) is 0 Å². The lowest BCUT2D eigenvalue weighted by Gasteiger charge is -2.05. The van der Waals surface area contributed by atoms with Gasteiger partial charge in [0.1, 0.15) is 35.0 Å². The van der Waals surface area contributed by atoms with Gasteiger partial charge >= 0.3 is 0 Å². The molecule has 0 radical (unpaired) electrons. The summed E-state index contributed by atoms with van der Waals surface area (Å²) in [5.41, 5.74) is 9.67. The van der Waals surface area contributed by atoms with Gasteiger partial charge in [-0.2, -0.15) is 5.10 Å². The van der Waals surface area contributed by atoms with Crippen LogP contribution in [0.4, 0.5) is 5.82 Å². The topological polar surface area (TPSA) is 126 Å². The molecule has 1 saturated carbocycles. The van der Waals surface area contributed by atoms with Gasteiger partial charge in [0.2, 0.25) is 0 Å². The fourth-order valence-corrected chi connectivity index (χ4v) is 3.50. The summed E-state index contributed by atoms with van der Waals surface area (Å²) >= 11 is 0. The number of anilines is 1. The highest BCUT2D eigenvalue weighted by Crippen LogP contribution is 2.48. The molecule has 4 aromatic heterocycles. The predicted octanol–water partition coefficient (Wildman–Crippen LogP) is 3.36. The van der Waals surface area contributed by atoms with Gasteiger partial charge in [-0.25, -0.2) is 19.3 Å². The maximum atomic E-state index is 6.22. The Morgan fingerprint density at radius 1 is 1.10 bits per heavy atom. The van der Waals surface area contributed by atoms with Crippen LogP contribution in [0.25, 0.3) is 33.7 Å². The number of nitrogens with two attached hydrogens (primary N) is 1. The third-order valence-corrected chi connectivity index (χ3v) is 5.19. The van der Waals surface area contributed by atoms with E-state index in [0.29, 0.717) is 34.2 Å². The number of fused-ring (bicyclic) bond motifs is 1. The largest absolute Gasteiger partial charge is 0.383 e. The molecule has 10 heteroatoms. The van der Waals surface area contributed by atoms with E-state index < -0.39 is 0 Å². The van der Waals surface area contributed by atoms with Crippen molar-refractivity contribution in [2.75, 3.05) is 5.73 Å². The van der Waals surface area contributed by atoms with Crippen LogP contribution in [0.2, 0.25) is 0 Å². The average molecular weight is 393 g/mol. The minimum atomic E-state index is 0.0978. The molecular weight excluding hydrogens is 370 g/mol. The maximum Gasteiger partial charge on any atom is 0.164 e. The van der Waals surface area contributed by atoms with Crippen LogP contribution >= 0.6 is 0 Å². The highest BCUT2D eigenvalue weighted by molar-refractivity contribution is 6.00. The molecule has 0 unspecified atom stereocenters. The summed E-state index contributed by atoms with van der Waals surface area (Å²) in [6, 6.07) is 0.301. The minimum absolute atomic E-state index is 0.0978. The molecule has 4 aromatic rings. The van der Waals surface area contributed by atoms with E-state index in [0.717, 1.165) is 29.9 Å². The second-order valence-corrected chi connectivity index (χ2v) is 8.07. The normalized spacial score (nSPS) is 14.6. The average Bonchev–Trinajstić information content (AvgIpc) is 3.10. The molecule has 0 saturated heterocycles. The molecular formula is C19H23N9O. The van der Waals surface area contributed by atoms with Crippen LogP contribution in [0, 0.1) is 0 Å². The zero-order valence-corrected chi connectivity index (χ0v) is 16.9. The van der Waals surface area contributed by atoms with Crippen LogP contribution < -0.4 is 5.73 Å². The first-order valence-electron chi connectivity index (χ1n) is 9.86. The van der Waals surface area contributed by atoms with Crippen molar-refractivity contribution >= 4 is 16.9 Å². The first kappa shape index (κ1) is 17.8. The molecule has 5 rings (SSSR count). The van der Waals surface area contributed by atoms with Crippen LogP contribution in [-0.4, -0.2) is 39.9 Å². The van der Waals surface area contributed by atoms with E-state index in [1.807, 2.05) is 29.4 Å². The Hall–Kier alpha value is -3.30. The van der Waals surface area contributed by atoms with E-state index in [-0.39, 0.29) is 12.1 Å². The number of aromatic nitrogens is 8. The maximum absolute atomic E-state index is 6.22. The van der Waals surface area contributed by atoms with Gasteiger partial charge in [0.05, 0.1) is 17.1 Å². The zero-order chi connectivity index (χ0) is 20.3. The Labute approximate surface area is 167 Å². The molecule has 10 nitrogen and oxygen atoms in total. The first-order valence-corrected chi connectivity index (χ1v) is 9.86. The van der Waals surface area contributed by atoms with Gasteiger partial charge in [-0.05, 0) is 40.5 Å². The third kappa shape index (κ3) is 2.78. The quantitative estimate of drug-likeness (QED) is 0.547. The van der Waals surface area contributed by atoms with E-state index in [1.54, 1.807) is 0 Å². The minimum Gasteiger partial charge on any atom is -0.383 e. The van der Waals surface area contributed by atoms with Gasteiger partial charge in [-0.15, -0.1) is 5.10 Å². The van der Waals surface area contributed by atoms with Crippen molar-refractivity contribution in [2.45, 2.75) is 58.5 Å². The summed E-state index contributed by atoms with van der Waals surface area (Å²) in [7, 11) is 0. The lowest BCUT2D eigenvalue weighted by atomic mass is 10.0. The Bertz CT molecular complexity index is 1200. The Balaban J connectivity index is 1.77. The Morgan fingerprint density at radius 3 is 2.55 bits per heavy atom. The summed E-state index contributed by atoms with van der Waals surface area (Å²) in [5.74, 6) is 1.55. The standard InChI is InChI=1S/C19H23N9O/c1-9(2)27-7-12(23-26-27)13-16(25-29-17(13)11-5-6-11)15-14-18(20)21-8-22-19(14)28(24-15)10(3)4/h7-11H,5-6H2,1-4H3,(H2,20,21,22). The van der Waals surface area contributed by atoms with Crippen molar-refractivity contribution in [3.63, 3.8) is 0 Å². The smallest absolute Gasteiger partial charge is 0.164 e. The van der Waals surface area contributed by atoms with Crippen molar-refractivity contribution in [1.82, 2.24) is 39.9 Å². The van der Waals surface area contributed by atoms with Crippen molar-refractivity contribution in [3.8, 4) is 22.6 Å². The molecule has 0 amide bonds. The number of nitrogen functional groups attached to an aromatic ring is 1. The van der Waals surface area contributed by atoms with E-state index in [2.05, 4.69) is 39.3 Å². The van der Waals surface area contributed by atoms with E-state index in [1.165, 1.54) is 6.33 Å². The summed E-state index contributed by atoms with van der Waals surface area (Å²) in [5, 5.41) is 18.5. The summed E-state index contributed by atoms with van der Waals surface area (Å²) in [4.78, 5) is 8.59.